The van der Waals surface area contributed by atoms with Gasteiger partial charge in [-0.3, -0.25) is 9.11 Å². The van der Waals surface area contributed by atoms with Crippen molar-refractivity contribution in [2.45, 2.75) is 10.5 Å². The Balaban J connectivity index is 4.96. The van der Waals surface area contributed by atoms with Gasteiger partial charge in [-0.15, -0.1) is 0 Å². The highest BCUT2D eigenvalue weighted by molar-refractivity contribution is 7.91. The Labute approximate surface area is 93.4 Å². The summed E-state index contributed by atoms with van der Waals surface area (Å²) in [6, 6.07) is 0. The highest BCUT2D eigenvalue weighted by Gasteiger charge is 2.33. The van der Waals surface area contributed by atoms with E-state index in [4.69, 9.17) is 9.11 Å². The summed E-state index contributed by atoms with van der Waals surface area (Å²) >= 11 is 7.45. The second kappa shape index (κ2) is 5.03. The first-order valence-corrected chi connectivity index (χ1v) is 7.54. The van der Waals surface area contributed by atoms with E-state index >= 15 is 0 Å². The summed E-state index contributed by atoms with van der Waals surface area (Å²) in [6.07, 6.45) is 0. The highest BCUT2D eigenvalue weighted by Crippen LogP contribution is 2.14. The van der Waals surface area contributed by atoms with Gasteiger partial charge in [0.05, 0.1) is 5.75 Å². The lowest BCUT2D eigenvalue weighted by molar-refractivity contribution is 0.457. The lowest BCUT2D eigenvalue weighted by Crippen LogP contribution is -2.37. The van der Waals surface area contributed by atoms with Crippen molar-refractivity contribution in [3.63, 3.8) is 0 Å². The maximum Gasteiger partial charge on any atom is 0.270 e. The van der Waals surface area contributed by atoms with Gasteiger partial charge in [-0.2, -0.15) is 42.1 Å². The van der Waals surface area contributed by atoms with Crippen molar-refractivity contribution < 1.29 is 25.9 Å². The van der Waals surface area contributed by atoms with Gasteiger partial charge in [0, 0.05) is 11.0 Å². The van der Waals surface area contributed by atoms with E-state index in [0.29, 0.717) is 0 Å². The Bertz CT molecular complexity index is 369. The van der Waals surface area contributed by atoms with Crippen LogP contribution in [0, 0.1) is 0 Å². The first-order valence-electron chi connectivity index (χ1n) is 3.28. The van der Waals surface area contributed by atoms with Crippen molar-refractivity contribution in [2.24, 2.45) is 0 Å². The van der Waals surface area contributed by atoms with Crippen LogP contribution in [-0.4, -0.2) is 47.9 Å². The smallest absolute Gasteiger partial charge is 0.270 e. The Morgan fingerprint density at radius 2 is 1.57 bits per heavy atom. The summed E-state index contributed by atoms with van der Waals surface area (Å²) in [5.41, 5.74) is 0. The molecule has 0 saturated heterocycles. The maximum atomic E-state index is 10.7. The fourth-order valence-electron chi connectivity index (χ4n) is 0.721. The third kappa shape index (κ3) is 5.41. The lowest BCUT2D eigenvalue weighted by Gasteiger charge is -2.16. The monoisotopic (exact) mass is 282 g/mol. The van der Waals surface area contributed by atoms with Crippen molar-refractivity contribution in [1.29, 1.82) is 0 Å². The van der Waals surface area contributed by atoms with Crippen molar-refractivity contribution >= 4 is 45.5 Å². The van der Waals surface area contributed by atoms with Crippen molar-refractivity contribution in [3.8, 4) is 0 Å². The van der Waals surface area contributed by atoms with Crippen LogP contribution in [0.1, 0.15) is 0 Å². The summed E-state index contributed by atoms with van der Waals surface area (Å²) < 4.78 is 59.4. The van der Waals surface area contributed by atoms with E-state index in [-0.39, 0.29) is 5.75 Å². The van der Waals surface area contributed by atoms with Crippen LogP contribution in [0.2, 0.25) is 0 Å². The van der Waals surface area contributed by atoms with Crippen molar-refractivity contribution in [1.82, 2.24) is 0 Å². The first kappa shape index (κ1) is 14.5. The van der Waals surface area contributed by atoms with E-state index in [1.54, 1.807) is 0 Å². The zero-order valence-electron chi connectivity index (χ0n) is 6.81. The van der Waals surface area contributed by atoms with Crippen LogP contribution in [0.25, 0.3) is 0 Å². The topological polar surface area (TPSA) is 109 Å². The quantitative estimate of drug-likeness (QED) is 0.394. The van der Waals surface area contributed by atoms with E-state index in [0.717, 1.165) is 0 Å². The SMILES string of the molecule is O=S(=O)(O)CC(C(S)CS)S(=O)(=O)O. The molecule has 6 nitrogen and oxygen atoms in total. The summed E-state index contributed by atoms with van der Waals surface area (Å²) in [5.74, 6) is -1.15. The van der Waals surface area contributed by atoms with Crippen molar-refractivity contribution in [3.05, 3.63) is 0 Å². The summed E-state index contributed by atoms with van der Waals surface area (Å²) in [4.78, 5) is 0. The molecular formula is C4H10O6S4. The van der Waals surface area contributed by atoms with Gasteiger partial charge >= 0.3 is 0 Å². The molecule has 0 aliphatic carbocycles. The van der Waals surface area contributed by atoms with E-state index in [1.165, 1.54) is 0 Å². The van der Waals surface area contributed by atoms with E-state index < -0.39 is 36.5 Å². The van der Waals surface area contributed by atoms with Crippen LogP contribution < -0.4 is 0 Å². The Kier molecular flexibility index (Phi) is 5.22. The molecule has 0 aromatic heterocycles. The molecule has 86 valence electrons. The van der Waals surface area contributed by atoms with Gasteiger partial charge < -0.3 is 0 Å². The first-order chi connectivity index (χ1) is 6.08. The molecule has 0 rings (SSSR count). The van der Waals surface area contributed by atoms with Gasteiger partial charge in [-0.05, 0) is 0 Å². The fourth-order valence-corrected chi connectivity index (χ4v) is 4.17. The predicted molar refractivity (Wildman–Crippen MR) is 58.4 cm³/mol. The molecule has 10 heteroatoms. The van der Waals surface area contributed by atoms with Gasteiger partial charge in [-0.25, -0.2) is 0 Å². The second-order valence-electron chi connectivity index (χ2n) is 2.55. The molecule has 0 radical (unpaired) electrons. The highest BCUT2D eigenvalue weighted by atomic mass is 32.2. The van der Waals surface area contributed by atoms with Crippen LogP contribution in [0.3, 0.4) is 0 Å². The summed E-state index contributed by atoms with van der Waals surface area (Å²) in [5, 5.41) is -2.66. The van der Waals surface area contributed by atoms with E-state index in [1.807, 2.05) is 0 Å². The molecule has 2 atom stereocenters. The molecule has 0 fully saturated rings. The van der Waals surface area contributed by atoms with Crippen LogP contribution in [0.5, 0.6) is 0 Å². The molecule has 2 unspecified atom stereocenters. The Morgan fingerprint density at radius 1 is 1.14 bits per heavy atom. The maximum absolute atomic E-state index is 10.7. The Morgan fingerprint density at radius 3 is 1.79 bits per heavy atom. The minimum absolute atomic E-state index is 0.0525. The van der Waals surface area contributed by atoms with Gasteiger partial charge in [0.1, 0.15) is 5.25 Å². The number of hydrogen-bond donors (Lipinski definition) is 4. The van der Waals surface area contributed by atoms with Crippen LogP contribution in [0.4, 0.5) is 0 Å². The molecular weight excluding hydrogens is 272 g/mol. The summed E-state index contributed by atoms with van der Waals surface area (Å²) in [6.45, 7) is 0. The molecule has 14 heavy (non-hydrogen) atoms. The van der Waals surface area contributed by atoms with Gasteiger partial charge in [0.25, 0.3) is 20.2 Å². The number of hydrogen-bond acceptors (Lipinski definition) is 6. The molecule has 0 aliphatic rings. The molecule has 0 spiro atoms. The average Bonchev–Trinajstić information content (AvgIpc) is 1.95. The van der Waals surface area contributed by atoms with Gasteiger partial charge in [0.2, 0.25) is 0 Å². The number of thiol groups is 2. The number of rotatable bonds is 5. The van der Waals surface area contributed by atoms with Crippen LogP contribution in [0.15, 0.2) is 0 Å². The summed E-state index contributed by atoms with van der Waals surface area (Å²) in [7, 11) is -9.06. The third-order valence-corrected chi connectivity index (χ3v) is 5.05. The Hall–Kier alpha value is 0.520. The zero-order chi connectivity index (χ0) is 11.6. The normalized spacial score (nSPS) is 17.7. The molecule has 2 N–H and O–H groups in total. The third-order valence-electron chi connectivity index (χ3n) is 1.37. The molecule has 0 amide bonds. The van der Waals surface area contributed by atoms with Gasteiger partial charge in [0.15, 0.2) is 0 Å². The van der Waals surface area contributed by atoms with E-state index in [2.05, 4.69) is 25.3 Å². The van der Waals surface area contributed by atoms with Crippen LogP contribution >= 0.6 is 25.3 Å². The largest absolute Gasteiger partial charge is 0.286 e. The standard InChI is InChI=1S/C4H10O6S4/c5-13(6,7)2-4(3(12)1-11)14(8,9)10/h3-4,11-12H,1-2H2,(H,5,6,7)(H,8,9,10). The molecule has 0 aromatic carbocycles. The molecule has 0 saturated carbocycles. The molecule has 0 aromatic rings. The molecule has 0 aliphatic heterocycles. The average molecular weight is 282 g/mol. The minimum Gasteiger partial charge on any atom is -0.286 e. The fraction of sp³-hybridized carbons (Fsp3) is 1.00. The molecule has 0 bridgehead atoms. The molecule has 0 heterocycles. The van der Waals surface area contributed by atoms with E-state index in [9.17, 15) is 16.8 Å². The zero-order valence-corrected chi connectivity index (χ0v) is 10.2. The predicted octanol–water partition coefficient (Wildman–Crippen LogP) is -0.641. The van der Waals surface area contributed by atoms with Crippen molar-refractivity contribution in [2.75, 3.05) is 11.5 Å². The second-order valence-corrected chi connectivity index (χ2v) is 6.71. The minimum atomic E-state index is -4.57. The lowest BCUT2D eigenvalue weighted by atomic mass is 10.3. The van der Waals surface area contributed by atoms with Crippen LogP contribution in [-0.2, 0) is 20.2 Å². The van der Waals surface area contributed by atoms with Gasteiger partial charge in [-0.1, -0.05) is 0 Å².